The van der Waals surface area contributed by atoms with Gasteiger partial charge in [0.1, 0.15) is 5.82 Å². The van der Waals surface area contributed by atoms with Crippen LogP contribution >= 0.6 is 0 Å². The molecule has 0 aliphatic rings. The van der Waals surface area contributed by atoms with E-state index in [1.165, 1.54) is 12.1 Å². The van der Waals surface area contributed by atoms with Crippen LogP contribution in [0.25, 0.3) is 11.4 Å². The summed E-state index contributed by atoms with van der Waals surface area (Å²) in [7, 11) is 0. The number of aromatic nitrogens is 2. The molecule has 2 rings (SSSR count). The van der Waals surface area contributed by atoms with Crippen molar-refractivity contribution in [3.05, 3.63) is 48.0 Å². The Morgan fingerprint density at radius 3 is 2.56 bits per heavy atom. The van der Waals surface area contributed by atoms with Crippen LogP contribution in [0.15, 0.2) is 36.5 Å². The van der Waals surface area contributed by atoms with Gasteiger partial charge in [-0.2, -0.15) is 0 Å². The number of hydrogen-bond donors (Lipinski definition) is 1. The van der Waals surface area contributed by atoms with E-state index in [1.807, 2.05) is 6.07 Å². The third-order valence-corrected chi connectivity index (χ3v) is 2.22. The lowest BCUT2D eigenvalue weighted by Gasteiger charge is -2.02. The molecule has 0 spiro atoms. The van der Waals surface area contributed by atoms with Crippen molar-refractivity contribution in [1.82, 2.24) is 9.97 Å². The Hall–Kier alpha value is -1.81. The molecule has 0 radical (unpaired) electrons. The van der Waals surface area contributed by atoms with Gasteiger partial charge in [0.05, 0.1) is 0 Å². The lowest BCUT2D eigenvalue weighted by molar-refractivity contribution is 0.628. The van der Waals surface area contributed by atoms with Crippen LogP contribution in [0.4, 0.5) is 4.39 Å². The Kier molecular flexibility index (Phi) is 3.22. The molecule has 0 unspecified atom stereocenters. The summed E-state index contributed by atoms with van der Waals surface area (Å²) in [6.45, 7) is 0.555. The summed E-state index contributed by atoms with van der Waals surface area (Å²) >= 11 is 0. The van der Waals surface area contributed by atoms with Crippen LogP contribution in [0.3, 0.4) is 0 Å². The largest absolute Gasteiger partial charge is 0.330 e. The molecule has 0 bridgehead atoms. The predicted octanol–water partition coefficient (Wildman–Crippen LogP) is 1.78. The number of nitrogens with two attached hydrogens (primary N) is 1. The molecule has 0 aliphatic heterocycles. The van der Waals surface area contributed by atoms with Gasteiger partial charge in [0.25, 0.3) is 0 Å². The van der Waals surface area contributed by atoms with E-state index < -0.39 is 0 Å². The van der Waals surface area contributed by atoms with Crippen LogP contribution in [0.2, 0.25) is 0 Å². The van der Waals surface area contributed by atoms with Gasteiger partial charge in [-0.1, -0.05) is 0 Å². The fourth-order valence-corrected chi connectivity index (χ4v) is 1.42. The Balaban J connectivity index is 2.32. The van der Waals surface area contributed by atoms with E-state index in [9.17, 15) is 4.39 Å². The molecular formula is C12H12FN3. The number of hydrogen-bond acceptors (Lipinski definition) is 3. The van der Waals surface area contributed by atoms with Gasteiger partial charge in [0, 0.05) is 23.9 Å². The minimum atomic E-state index is -0.262. The molecule has 16 heavy (non-hydrogen) atoms. The summed E-state index contributed by atoms with van der Waals surface area (Å²) in [6, 6.07) is 7.95. The third-order valence-electron chi connectivity index (χ3n) is 2.22. The molecule has 4 heteroatoms. The van der Waals surface area contributed by atoms with Gasteiger partial charge in [0.2, 0.25) is 0 Å². The zero-order chi connectivity index (χ0) is 11.4. The summed E-state index contributed by atoms with van der Waals surface area (Å²) in [5.41, 5.74) is 7.16. The maximum atomic E-state index is 12.7. The van der Waals surface area contributed by atoms with Crippen molar-refractivity contribution in [3.63, 3.8) is 0 Å². The normalized spacial score (nSPS) is 10.4. The molecule has 0 atom stereocenters. The summed E-state index contributed by atoms with van der Waals surface area (Å²) in [5, 5.41) is 0. The summed E-state index contributed by atoms with van der Waals surface area (Å²) < 4.78 is 12.7. The third kappa shape index (κ3) is 2.41. The van der Waals surface area contributed by atoms with E-state index in [4.69, 9.17) is 5.73 Å². The Morgan fingerprint density at radius 1 is 1.12 bits per heavy atom. The van der Waals surface area contributed by atoms with Crippen LogP contribution in [0, 0.1) is 5.82 Å². The van der Waals surface area contributed by atoms with Crippen molar-refractivity contribution in [2.45, 2.75) is 6.42 Å². The summed E-state index contributed by atoms with van der Waals surface area (Å²) in [4.78, 5) is 8.50. The summed E-state index contributed by atoms with van der Waals surface area (Å²) in [6.07, 6.45) is 2.41. The molecule has 0 amide bonds. The maximum Gasteiger partial charge on any atom is 0.159 e. The van der Waals surface area contributed by atoms with Gasteiger partial charge in [-0.15, -0.1) is 0 Å². The van der Waals surface area contributed by atoms with Crippen molar-refractivity contribution >= 4 is 0 Å². The lowest BCUT2D eigenvalue weighted by atomic mass is 10.2. The van der Waals surface area contributed by atoms with E-state index in [1.54, 1.807) is 18.3 Å². The number of benzene rings is 1. The molecule has 0 aliphatic carbocycles. The molecule has 2 aromatic rings. The minimum absolute atomic E-state index is 0.262. The first-order valence-corrected chi connectivity index (χ1v) is 5.07. The van der Waals surface area contributed by atoms with Gasteiger partial charge < -0.3 is 5.73 Å². The second kappa shape index (κ2) is 4.81. The van der Waals surface area contributed by atoms with Gasteiger partial charge in [-0.05, 0) is 36.9 Å². The molecule has 1 heterocycles. The van der Waals surface area contributed by atoms with E-state index in [0.29, 0.717) is 12.4 Å². The SMILES string of the molecule is NCCc1ccnc(-c2ccc(F)cc2)n1. The average molecular weight is 217 g/mol. The van der Waals surface area contributed by atoms with Crippen molar-refractivity contribution < 1.29 is 4.39 Å². The predicted molar refractivity (Wildman–Crippen MR) is 60.2 cm³/mol. The van der Waals surface area contributed by atoms with Crippen LogP contribution < -0.4 is 5.73 Å². The van der Waals surface area contributed by atoms with E-state index in [0.717, 1.165) is 17.7 Å². The highest BCUT2D eigenvalue weighted by Gasteiger charge is 2.02. The lowest BCUT2D eigenvalue weighted by Crippen LogP contribution is -2.05. The first-order valence-electron chi connectivity index (χ1n) is 5.07. The van der Waals surface area contributed by atoms with Gasteiger partial charge >= 0.3 is 0 Å². The second-order valence-electron chi connectivity index (χ2n) is 3.42. The molecule has 1 aromatic heterocycles. The molecule has 1 aromatic carbocycles. The number of rotatable bonds is 3. The second-order valence-corrected chi connectivity index (χ2v) is 3.42. The molecule has 0 saturated carbocycles. The highest BCUT2D eigenvalue weighted by Crippen LogP contribution is 2.15. The zero-order valence-corrected chi connectivity index (χ0v) is 8.73. The Bertz CT molecular complexity index is 468. The fourth-order valence-electron chi connectivity index (χ4n) is 1.42. The quantitative estimate of drug-likeness (QED) is 0.852. The monoisotopic (exact) mass is 217 g/mol. The van der Waals surface area contributed by atoms with E-state index >= 15 is 0 Å². The van der Waals surface area contributed by atoms with E-state index in [2.05, 4.69) is 9.97 Å². The molecule has 3 nitrogen and oxygen atoms in total. The first-order chi connectivity index (χ1) is 7.79. The molecular weight excluding hydrogens is 205 g/mol. The van der Waals surface area contributed by atoms with Gasteiger partial charge in [0.15, 0.2) is 5.82 Å². The fraction of sp³-hybridized carbons (Fsp3) is 0.167. The van der Waals surface area contributed by atoms with Crippen molar-refractivity contribution in [1.29, 1.82) is 0 Å². The van der Waals surface area contributed by atoms with Crippen LogP contribution in [-0.4, -0.2) is 16.5 Å². The molecule has 0 fully saturated rings. The topological polar surface area (TPSA) is 51.8 Å². The molecule has 82 valence electrons. The van der Waals surface area contributed by atoms with Crippen molar-refractivity contribution in [3.8, 4) is 11.4 Å². The van der Waals surface area contributed by atoms with E-state index in [-0.39, 0.29) is 5.82 Å². The Morgan fingerprint density at radius 2 is 1.88 bits per heavy atom. The van der Waals surface area contributed by atoms with Crippen LogP contribution in [0.1, 0.15) is 5.69 Å². The van der Waals surface area contributed by atoms with Crippen LogP contribution in [-0.2, 0) is 6.42 Å². The Labute approximate surface area is 93.2 Å². The standard InChI is InChI=1S/C12H12FN3/c13-10-3-1-9(2-4-10)12-15-8-6-11(16-12)5-7-14/h1-4,6,8H,5,7,14H2. The van der Waals surface area contributed by atoms with Gasteiger partial charge in [-0.3, -0.25) is 0 Å². The zero-order valence-electron chi connectivity index (χ0n) is 8.73. The summed E-state index contributed by atoms with van der Waals surface area (Å²) in [5.74, 6) is 0.341. The smallest absolute Gasteiger partial charge is 0.159 e. The van der Waals surface area contributed by atoms with Gasteiger partial charge in [-0.25, -0.2) is 14.4 Å². The maximum absolute atomic E-state index is 12.7. The van der Waals surface area contributed by atoms with Crippen molar-refractivity contribution in [2.24, 2.45) is 5.73 Å². The minimum Gasteiger partial charge on any atom is -0.330 e. The molecule has 2 N–H and O–H groups in total. The average Bonchev–Trinajstić information content (AvgIpc) is 2.31. The highest BCUT2D eigenvalue weighted by atomic mass is 19.1. The highest BCUT2D eigenvalue weighted by molar-refractivity contribution is 5.54. The molecule has 0 saturated heterocycles. The van der Waals surface area contributed by atoms with Crippen molar-refractivity contribution in [2.75, 3.05) is 6.54 Å². The number of nitrogens with zero attached hydrogens (tertiary/aromatic N) is 2. The first kappa shape index (κ1) is 10.7. The number of halogens is 1. The van der Waals surface area contributed by atoms with Crippen LogP contribution in [0.5, 0.6) is 0 Å².